The number of hydrogen-bond acceptors (Lipinski definition) is 2. The highest BCUT2D eigenvalue weighted by atomic mass is 19.4. The van der Waals surface area contributed by atoms with E-state index < -0.39 is 11.7 Å². The molecule has 0 aliphatic rings. The zero-order valence-electron chi connectivity index (χ0n) is 15.0. The fourth-order valence-corrected chi connectivity index (χ4v) is 3.42. The summed E-state index contributed by atoms with van der Waals surface area (Å²) in [6, 6.07) is 17.1. The van der Waals surface area contributed by atoms with Gasteiger partial charge < -0.3 is 9.32 Å². The maximum Gasteiger partial charge on any atom is 0.416 e. The smallest absolute Gasteiger partial charge is 0.416 e. The van der Waals surface area contributed by atoms with Crippen LogP contribution in [0.15, 0.2) is 65.1 Å². The summed E-state index contributed by atoms with van der Waals surface area (Å²) in [7, 11) is 1.82. The van der Waals surface area contributed by atoms with E-state index in [-0.39, 0.29) is 0 Å². The van der Waals surface area contributed by atoms with E-state index in [2.05, 4.69) is 6.92 Å². The van der Waals surface area contributed by atoms with Gasteiger partial charge in [-0.3, -0.25) is 0 Å². The number of para-hydroxylation sites is 2. The molecule has 1 aromatic heterocycles. The van der Waals surface area contributed by atoms with Crippen molar-refractivity contribution in [1.29, 1.82) is 0 Å². The first-order valence-electron chi connectivity index (χ1n) is 8.74. The van der Waals surface area contributed by atoms with Crippen molar-refractivity contribution in [2.24, 2.45) is 0 Å². The van der Waals surface area contributed by atoms with Crippen LogP contribution in [0.5, 0.6) is 0 Å². The van der Waals surface area contributed by atoms with Gasteiger partial charge in [-0.15, -0.1) is 0 Å². The number of furan rings is 1. The zero-order valence-corrected chi connectivity index (χ0v) is 15.0. The first kappa shape index (κ1) is 17.5. The van der Waals surface area contributed by atoms with E-state index in [0.29, 0.717) is 5.69 Å². The van der Waals surface area contributed by atoms with Gasteiger partial charge in [0.05, 0.1) is 11.3 Å². The molecule has 0 unspecified atom stereocenters. The molecule has 0 atom stereocenters. The molecular formula is C22H18F3NO. The number of halogens is 3. The SMILES string of the molecule is CCc1cccc2c1oc1c(N(C)c3ccc(C(F)(F)F)cc3)cccc12. The lowest BCUT2D eigenvalue weighted by Crippen LogP contribution is -2.10. The fourth-order valence-electron chi connectivity index (χ4n) is 3.42. The van der Waals surface area contributed by atoms with E-state index in [1.165, 1.54) is 12.1 Å². The van der Waals surface area contributed by atoms with Crippen molar-refractivity contribution in [1.82, 2.24) is 0 Å². The molecule has 0 amide bonds. The molecule has 27 heavy (non-hydrogen) atoms. The summed E-state index contributed by atoms with van der Waals surface area (Å²) in [6.07, 6.45) is -3.48. The molecule has 3 aromatic carbocycles. The Labute approximate surface area is 154 Å². The lowest BCUT2D eigenvalue weighted by Gasteiger charge is -2.20. The Morgan fingerprint density at radius 1 is 0.852 bits per heavy atom. The molecule has 0 aliphatic heterocycles. The minimum absolute atomic E-state index is 0.658. The van der Waals surface area contributed by atoms with Crippen molar-refractivity contribution in [2.75, 3.05) is 11.9 Å². The molecule has 0 radical (unpaired) electrons. The molecule has 0 saturated carbocycles. The maximum atomic E-state index is 12.8. The average Bonchev–Trinajstić information content (AvgIpc) is 3.05. The largest absolute Gasteiger partial charge is 0.454 e. The third kappa shape index (κ3) is 2.93. The molecule has 0 spiro atoms. The summed E-state index contributed by atoms with van der Waals surface area (Å²) < 4.78 is 44.6. The van der Waals surface area contributed by atoms with E-state index in [4.69, 9.17) is 4.42 Å². The Kier molecular flexibility index (Phi) is 4.10. The van der Waals surface area contributed by atoms with Crippen LogP contribution in [0.1, 0.15) is 18.1 Å². The number of nitrogens with zero attached hydrogens (tertiary/aromatic N) is 1. The minimum atomic E-state index is -4.34. The molecule has 4 rings (SSSR count). The van der Waals surface area contributed by atoms with Crippen LogP contribution in [0.3, 0.4) is 0 Å². The fraction of sp³-hybridized carbons (Fsp3) is 0.182. The number of benzene rings is 3. The second kappa shape index (κ2) is 6.34. The van der Waals surface area contributed by atoms with Crippen molar-refractivity contribution < 1.29 is 17.6 Å². The Hall–Kier alpha value is -2.95. The van der Waals surface area contributed by atoms with Crippen LogP contribution < -0.4 is 4.90 Å². The van der Waals surface area contributed by atoms with Crippen LogP contribution in [-0.4, -0.2) is 7.05 Å². The Morgan fingerprint density at radius 3 is 2.11 bits per heavy atom. The molecule has 1 heterocycles. The van der Waals surface area contributed by atoms with Gasteiger partial charge in [-0.1, -0.05) is 37.3 Å². The van der Waals surface area contributed by atoms with Crippen LogP contribution in [-0.2, 0) is 12.6 Å². The molecule has 2 nitrogen and oxygen atoms in total. The number of anilines is 2. The molecule has 5 heteroatoms. The Balaban J connectivity index is 1.83. The standard InChI is InChI=1S/C22H18F3NO/c1-3-14-6-4-7-17-18-8-5-9-19(21(18)27-20(14)17)26(2)16-12-10-15(11-13-16)22(23,24)25/h4-13H,3H2,1-2H3. The number of fused-ring (bicyclic) bond motifs is 3. The van der Waals surface area contributed by atoms with Gasteiger partial charge in [0.1, 0.15) is 5.58 Å². The quantitative estimate of drug-likeness (QED) is 0.389. The Morgan fingerprint density at radius 2 is 1.48 bits per heavy atom. The van der Waals surface area contributed by atoms with Crippen LogP contribution in [0.25, 0.3) is 21.9 Å². The topological polar surface area (TPSA) is 16.4 Å². The summed E-state index contributed by atoms with van der Waals surface area (Å²) in [5.74, 6) is 0. The molecule has 0 aliphatic carbocycles. The Bertz CT molecular complexity index is 1110. The van der Waals surface area contributed by atoms with Gasteiger partial charge in [-0.2, -0.15) is 13.2 Å². The van der Waals surface area contributed by atoms with Crippen molar-refractivity contribution in [2.45, 2.75) is 19.5 Å². The van der Waals surface area contributed by atoms with Gasteiger partial charge in [0.2, 0.25) is 0 Å². The third-order valence-electron chi connectivity index (χ3n) is 4.91. The van der Waals surface area contributed by atoms with E-state index in [0.717, 1.165) is 51.7 Å². The summed E-state index contributed by atoms with van der Waals surface area (Å²) in [5.41, 5.74) is 3.54. The predicted molar refractivity (Wildman–Crippen MR) is 103 cm³/mol. The molecule has 0 fully saturated rings. The second-order valence-corrected chi connectivity index (χ2v) is 6.51. The number of aryl methyl sites for hydroxylation is 1. The summed E-state index contributed by atoms with van der Waals surface area (Å²) >= 11 is 0. The van der Waals surface area contributed by atoms with Crippen molar-refractivity contribution in [3.8, 4) is 0 Å². The van der Waals surface area contributed by atoms with E-state index >= 15 is 0 Å². The first-order chi connectivity index (χ1) is 12.9. The van der Waals surface area contributed by atoms with Gasteiger partial charge >= 0.3 is 6.18 Å². The number of rotatable bonds is 3. The lowest BCUT2D eigenvalue weighted by atomic mass is 10.1. The van der Waals surface area contributed by atoms with Gasteiger partial charge in [0.15, 0.2) is 5.58 Å². The highest BCUT2D eigenvalue weighted by molar-refractivity contribution is 6.10. The molecule has 4 aromatic rings. The van der Waals surface area contributed by atoms with E-state index in [1.807, 2.05) is 48.3 Å². The molecule has 138 valence electrons. The van der Waals surface area contributed by atoms with Gasteiger partial charge in [-0.25, -0.2) is 0 Å². The first-order valence-corrected chi connectivity index (χ1v) is 8.74. The molecule has 0 bridgehead atoms. The number of hydrogen-bond donors (Lipinski definition) is 0. The molecule has 0 saturated heterocycles. The van der Waals surface area contributed by atoms with Gasteiger partial charge in [-0.05, 0) is 42.3 Å². The predicted octanol–water partition coefficient (Wildman–Crippen LogP) is 6.94. The highest BCUT2D eigenvalue weighted by Crippen LogP contribution is 2.39. The normalized spacial score (nSPS) is 12.0. The zero-order chi connectivity index (χ0) is 19.2. The minimum Gasteiger partial charge on any atom is -0.454 e. The monoisotopic (exact) mass is 369 g/mol. The summed E-state index contributed by atoms with van der Waals surface area (Å²) in [5, 5.41) is 2.04. The second-order valence-electron chi connectivity index (χ2n) is 6.51. The van der Waals surface area contributed by atoms with Crippen molar-refractivity contribution in [3.05, 3.63) is 71.8 Å². The van der Waals surface area contributed by atoms with Gasteiger partial charge in [0, 0.05) is 23.5 Å². The summed E-state index contributed by atoms with van der Waals surface area (Å²) in [4.78, 5) is 1.84. The molecule has 0 N–H and O–H groups in total. The maximum absolute atomic E-state index is 12.8. The summed E-state index contributed by atoms with van der Waals surface area (Å²) in [6.45, 7) is 2.08. The van der Waals surface area contributed by atoms with Gasteiger partial charge in [0.25, 0.3) is 0 Å². The third-order valence-corrected chi connectivity index (χ3v) is 4.91. The van der Waals surface area contributed by atoms with Crippen molar-refractivity contribution in [3.63, 3.8) is 0 Å². The average molecular weight is 369 g/mol. The van der Waals surface area contributed by atoms with Crippen LogP contribution in [0, 0.1) is 0 Å². The van der Waals surface area contributed by atoms with E-state index in [9.17, 15) is 13.2 Å². The van der Waals surface area contributed by atoms with E-state index in [1.54, 1.807) is 0 Å². The van der Waals surface area contributed by atoms with Crippen molar-refractivity contribution >= 4 is 33.3 Å². The lowest BCUT2D eigenvalue weighted by molar-refractivity contribution is -0.137. The number of alkyl halides is 3. The highest BCUT2D eigenvalue weighted by Gasteiger charge is 2.30. The van der Waals surface area contributed by atoms with Crippen LogP contribution in [0.4, 0.5) is 24.5 Å². The van der Waals surface area contributed by atoms with Crippen LogP contribution in [0.2, 0.25) is 0 Å². The molecular weight excluding hydrogens is 351 g/mol. The van der Waals surface area contributed by atoms with Crippen LogP contribution >= 0.6 is 0 Å².